The zero-order valence-corrected chi connectivity index (χ0v) is 9.82. The van der Waals surface area contributed by atoms with Crippen molar-refractivity contribution in [2.45, 2.75) is 13.5 Å². The molecule has 0 aliphatic carbocycles. The van der Waals surface area contributed by atoms with Crippen molar-refractivity contribution in [3.8, 4) is 5.82 Å². The van der Waals surface area contributed by atoms with Crippen LogP contribution in [0, 0.1) is 0 Å². The first-order valence-electron chi connectivity index (χ1n) is 5.66. The first kappa shape index (κ1) is 10.6. The molecule has 0 unspecified atom stereocenters. The number of aryl methyl sites for hydroxylation is 1. The summed E-state index contributed by atoms with van der Waals surface area (Å²) in [5, 5.41) is 9.81. The monoisotopic (exact) mass is 241 g/mol. The van der Waals surface area contributed by atoms with Crippen LogP contribution in [-0.4, -0.2) is 24.5 Å². The highest BCUT2D eigenvalue weighted by Gasteiger charge is 2.10. The molecule has 1 aromatic carbocycles. The summed E-state index contributed by atoms with van der Waals surface area (Å²) < 4.78 is 2.99. The SMILES string of the molecule is CCn1nc(-n2cncn2)c2ccccc2c1=O. The molecule has 0 aliphatic heterocycles. The van der Waals surface area contributed by atoms with Crippen molar-refractivity contribution < 1.29 is 0 Å². The Kier molecular flexibility index (Phi) is 2.40. The highest BCUT2D eigenvalue weighted by molar-refractivity contribution is 5.87. The maximum Gasteiger partial charge on any atom is 0.274 e. The van der Waals surface area contributed by atoms with E-state index in [0.29, 0.717) is 17.7 Å². The molecule has 0 aliphatic rings. The summed E-state index contributed by atoms with van der Waals surface area (Å²) in [5.74, 6) is 0.615. The van der Waals surface area contributed by atoms with Gasteiger partial charge in [-0.05, 0) is 13.0 Å². The van der Waals surface area contributed by atoms with Crippen LogP contribution in [0.1, 0.15) is 6.92 Å². The highest BCUT2D eigenvalue weighted by Crippen LogP contribution is 2.15. The average molecular weight is 241 g/mol. The van der Waals surface area contributed by atoms with Gasteiger partial charge in [-0.15, -0.1) is 5.10 Å². The largest absolute Gasteiger partial charge is 0.274 e. The van der Waals surface area contributed by atoms with Crippen molar-refractivity contribution in [3.63, 3.8) is 0 Å². The number of fused-ring (bicyclic) bond motifs is 1. The lowest BCUT2D eigenvalue weighted by atomic mass is 10.2. The van der Waals surface area contributed by atoms with Gasteiger partial charge >= 0.3 is 0 Å². The Hall–Kier alpha value is -2.50. The van der Waals surface area contributed by atoms with E-state index in [0.717, 1.165) is 5.39 Å². The predicted octanol–water partition coefficient (Wildman–Crippen LogP) is 0.997. The third-order valence-corrected chi connectivity index (χ3v) is 2.78. The molecule has 0 saturated heterocycles. The van der Waals surface area contributed by atoms with Crippen LogP contribution in [0.4, 0.5) is 0 Å². The van der Waals surface area contributed by atoms with Gasteiger partial charge in [-0.2, -0.15) is 5.10 Å². The Morgan fingerprint density at radius 1 is 1.22 bits per heavy atom. The molecule has 0 spiro atoms. The molecule has 90 valence electrons. The first-order valence-corrected chi connectivity index (χ1v) is 5.66. The summed E-state index contributed by atoms with van der Waals surface area (Å²) in [6.45, 7) is 2.40. The Bertz CT molecular complexity index is 745. The van der Waals surface area contributed by atoms with Crippen molar-refractivity contribution in [1.29, 1.82) is 0 Å². The summed E-state index contributed by atoms with van der Waals surface area (Å²) in [7, 11) is 0. The fourth-order valence-corrected chi connectivity index (χ4v) is 1.92. The maximum atomic E-state index is 12.1. The zero-order chi connectivity index (χ0) is 12.5. The minimum Gasteiger partial charge on any atom is -0.267 e. The molecule has 0 amide bonds. The number of hydrogen-bond acceptors (Lipinski definition) is 4. The summed E-state index contributed by atoms with van der Waals surface area (Å²) in [6, 6.07) is 7.38. The fourth-order valence-electron chi connectivity index (χ4n) is 1.92. The smallest absolute Gasteiger partial charge is 0.267 e. The van der Waals surface area contributed by atoms with E-state index in [2.05, 4.69) is 15.2 Å². The molecule has 6 heteroatoms. The zero-order valence-electron chi connectivity index (χ0n) is 9.82. The van der Waals surface area contributed by atoms with Gasteiger partial charge in [0.15, 0.2) is 5.82 Å². The Morgan fingerprint density at radius 3 is 2.67 bits per heavy atom. The van der Waals surface area contributed by atoms with Crippen LogP contribution < -0.4 is 5.56 Å². The van der Waals surface area contributed by atoms with Gasteiger partial charge in [-0.1, -0.05) is 18.2 Å². The topological polar surface area (TPSA) is 65.6 Å². The lowest BCUT2D eigenvalue weighted by molar-refractivity contribution is 0.607. The van der Waals surface area contributed by atoms with Gasteiger partial charge in [0.2, 0.25) is 0 Å². The van der Waals surface area contributed by atoms with E-state index in [-0.39, 0.29) is 5.56 Å². The van der Waals surface area contributed by atoms with Crippen molar-refractivity contribution >= 4 is 10.8 Å². The van der Waals surface area contributed by atoms with Crippen molar-refractivity contribution in [2.24, 2.45) is 0 Å². The highest BCUT2D eigenvalue weighted by atomic mass is 16.1. The van der Waals surface area contributed by atoms with E-state index in [1.807, 2.05) is 25.1 Å². The summed E-state index contributed by atoms with van der Waals surface area (Å²) in [5.41, 5.74) is -0.0861. The molecule has 2 aromatic heterocycles. The van der Waals surface area contributed by atoms with E-state index < -0.39 is 0 Å². The van der Waals surface area contributed by atoms with Gasteiger partial charge in [0.05, 0.1) is 5.39 Å². The van der Waals surface area contributed by atoms with E-state index >= 15 is 0 Å². The van der Waals surface area contributed by atoms with Crippen LogP contribution in [0.3, 0.4) is 0 Å². The lowest BCUT2D eigenvalue weighted by Crippen LogP contribution is -2.24. The summed E-state index contributed by atoms with van der Waals surface area (Å²) in [6.07, 6.45) is 3.01. The standard InChI is InChI=1S/C12H11N5O/c1-2-16-12(18)10-6-4-3-5-9(10)11(15-16)17-8-13-7-14-17/h3-8H,2H2,1H3. The normalized spacial score (nSPS) is 10.9. The second-order valence-electron chi connectivity index (χ2n) is 3.83. The van der Waals surface area contributed by atoms with Gasteiger partial charge in [-0.3, -0.25) is 4.79 Å². The molecule has 18 heavy (non-hydrogen) atoms. The lowest BCUT2D eigenvalue weighted by Gasteiger charge is -2.08. The molecular formula is C12H11N5O. The third-order valence-electron chi connectivity index (χ3n) is 2.78. The molecule has 3 rings (SSSR count). The molecule has 0 fully saturated rings. The number of hydrogen-bond donors (Lipinski definition) is 0. The van der Waals surface area contributed by atoms with Gasteiger partial charge in [0.25, 0.3) is 5.56 Å². The Morgan fingerprint density at radius 2 is 2.00 bits per heavy atom. The van der Waals surface area contributed by atoms with Crippen LogP contribution in [0.25, 0.3) is 16.6 Å². The number of rotatable bonds is 2. The average Bonchev–Trinajstić information content (AvgIpc) is 2.93. The quantitative estimate of drug-likeness (QED) is 0.671. The second kappa shape index (κ2) is 4.06. The molecule has 6 nitrogen and oxygen atoms in total. The van der Waals surface area contributed by atoms with E-state index in [4.69, 9.17) is 0 Å². The predicted molar refractivity (Wildman–Crippen MR) is 66.6 cm³/mol. The molecule has 0 bridgehead atoms. The Balaban J connectivity index is 2.45. The van der Waals surface area contributed by atoms with Crippen LogP contribution in [0.2, 0.25) is 0 Å². The molecule has 0 radical (unpaired) electrons. The molecule has 2 heterocycles. The molecular weight excluding hydrogens is 230 g/mol. The molecule has 0 saturated carbocycles. The van der Waals surface area contributed by atoms with Crippen molar-refractivity contribution in [1.82, 2.24) is 24.5 Å². The van der Waals surface area contributed by atoms with Gasteiger partial charge in [0, 0.05) is 11.9 Å². The third kappa shape index (κ3) is 1.50. The molecule has 0 atom stereocenters. The molecule has 3 aromatic rings. The van der Waals surface area contributed by atoms with Crippen molar-refractivity contribution in [3.05, 3.63) is 47.3 Å². The van der Waals surface area contributed by atoms with Gasteiger partial charge in [-0.25, -0.2) is 14.3 Å². The van der Waals surface area contributed by atoms with Crippen molar-refractivity contribution in [2.75, 3.05) is 0 Å². The van der Waals surface area contributed by atoms with Gasteiger partial charge in [0.1, 0.15) is 12.7 Å². The summed E-state index contributed by atoms with van der Waals surface area (Å²) in [4.78, 5) is 16.0. The molecule has 0 N–H and O–H groups in total. The number of benzene rings is 1. The number of aromatic nitrogens is 5. The minimum absolute atomic E-state index is 0.0861. The van der Waals surface area contributed by atoms with Crippen LogP contribution >= 0.6 is 0 Å². The fraction of sp³-hybridized carbons (Fsp3) is 0.167. The minimum atomic E-state index is -0.0861. The number of nitrogens with zero attached hydrogens (tertiary/aromatic N) is 5. The maximum absolute atomic E-state index is 12.1. The van der Waals surface area contributed by atoms with E-state index in [9.17, 15) is 4.79 Å². The van der Waals surface area contributed by atoms with E-state index in [1.165, 1.54) is 11.0 Å². The summed E-state index contributed by atoms with van der Waals surface area (Å²) >= 11 is 0. The van der Waals surface area contributed by atoms with Crippen LogP contribution in [0.5, 0.6) is 0 Å². The van der Waals surface area contributed by atoms with Gasteiger partial charge < -0.3 is 0 Å². The van der Waals surface area contributed by atoms with E-state index in [1.54, 1.807) is 17.1 Å². The Labute approximate surface area is 103 Å². The van der Waals surface area contributed by atoms with Crippen LogP contribution in [-0.2, 0) is 6.54 Å². The first-order chi connectivity index (χ1) is 8.81. The van der Waals surface area contributed by atoms with Crippen LogP contribution in [0.15, 0.2) is 41.7 Å². The second-order valence-corrected chi connectivity index (χ2v) is 3.83.